The zero-order valence-electron chi connectivity index (χ0n) is 8.40. The lowest BCUT2D eigenvalue weighted by atomic mass is 10.2. The van der Waals surface area contributed by atoms with Gasteiger partial charge in [0.25, 0.3) is 0 Å². The molecular weight excluding hydrogens is 210 g/mol. The van der Waals surface area contributed by atoms with Gasteiger partial charge in [0.2, 0.25) is 0 Å². The maximum atomic E-state index is 13.4. The largest absolute Gasteiger partial charge is 0.274 e. The minimum absolute atomic E-state index is 0.132. The van der Waals surface area contributed by atoms with Crippen molar-refractivity contribution in [1.29, 1.82) is 0 Å². The first-order valence-electron chi connectivity index (χ1n) is 4.74. The number of nitrogens with two attached hydrogens (primary N) is 1. The monoisotopic (exact) mass is 220 g/mol. The molecule has 4 heteroatoms. The lowest BCUT2D eigenvalue weighted by molar-refractivity contribution is 0.614. The van der Waals surface area contributed by atoms with Gasteiger partial charge < -0.3 is 0 Å². The highest BCUT2D eigenvalue weighted by molar-refractivity contribution is 5.62. The molecule has 82 valence electrons. The van der Waals surface area contributed by atoms with E-state index in [4.69, 9.17) is 5.84 Å². The summed E-state index contributed by atoms with van der Waals surface area (Å²) in [7, 11) is 0. The number of rotatable bonds is 2. The summed E-state index contributed by atoms with van der Waals surface area (Å²) in [6.45, 7) is 0. The van der Waals surface area contributed by atoms with E-state index in [1.165, 1.54) is 24.3 Å². The van der Waals surface area contributed by atoms with Crippen LogP contribution in [0.2, 0.25) is 0 Å². The Labute approximate surface area is 91.9 Å². The van der Waals surface area contributed by atoms with Crippen LogP contribution in [0.1, 0.15) is 0 Å². The van der Waals surface area contributed by atoms with E-state index in [0.29, 0.717) is 0 Å². The van der Waals surface area contributed by atoms with Gasteiger partial charge in [-0.2, -0.15) is 0 Å². The summed E-state index contributed by atoms with van der Waals surface area (Å²) in [6.07, 6.45) is 0. The highest BCUT2D eigenvalue weighted by Crippen LogP contribution is 2.26. The van der Waals surface area contributed by atoms with E-state index in [-0.39, 0.29) is 11.4 Å². The van der Waals surface area contributed by atoms with Gasteiger partial charge in [0.15, 0.2) is 0 Å². The molecule has 0 radical (unpaired) electrons. The molecule has 0 aliphatic carbocycles. The third-order valence-electron chi connectivity index (χ3n) is 2.22. The smallest absolute Gasteiger partial charge is 0.148 e. The van der Waals surface area contributed by atoms with Crippen molar-refractivity contribution in [2.24, 2.45) is 5.84 Å². The summed E-state index contributed by atoms with van der Waals surface area (Å²) < 4.78 is 26.8. The van der Waals surface area contributed by atoms with Crippen LogP contribution in [0.3, 0.4) is 0 Å². The van der Waals surface area contributed by atoms with Crippen LogP contribution in [0.5, 0.6) is 0 Å². The Kier molecular flexibility index (Phi) is 2.83. The standard InChI is InChI=1S/C12H10F2N2/c13-9-5-1-3-7-11(9)16(15)12-8-4-2-6-10(12)14/h1-8H,15H2. The van der Waals surface area contributed by atoms with Gasteiger partial charge in [0, 0.05) is 0 Å². The highest BCUT2D eigenvalue weighted by Gasteiger charge is 2.12. The quantitative estimate of drug-likeness (QED) is 0.622. The van der Waals surface area contributed by atoms with Gasteiger partial charge in [-0.25, -0.2) is 14.6 Å². The number of halogens is 2. The van der Waals surface area contributed by atoms with Crippen LogP contribution in [0.25, 0.3) is 0 Å². The number of para-hydroxylation sites is 2. The molecule has 0 fully saturated rings. The summed E-state index contributed by atoms with van der Waals surface area (Å²) in [5.74, 6) is 4.69. The molecule has 2 aromatic rings. The average molecular weight is 220 g/mol. The van der Waals surface area contributed by atoms with E-state index in [0.717, 1.165) is 5.01 Å². The number of hydrogen-bond donors (Lipinski definition) is 1. The topological polar surface area (TPSA) is 29.3 Å². The van der Waals surface area contributed by atoms with Crippen molar-refractivity contribution >= 4 is 11.4 Å². The van der Waals surface area contributed by atoms with Crippen molar-refractivity contribution in [2.45, 2.75) is 0 Å². The van der Waals surface area contributed by atoms with Crippen LogP contribution in [-0.2, 0) is 0 Å². The average Bonchev–Trinajstić information content (AvgIpc) is 2.29. The number of hydrazine groups is 1. The molecule has 2 aromatic carbocycles. The Bertz CT molecular complexity index is 454. The third kappa shape index (κ3) is 1.87. The van der Waals surface area contributed by atoms with Gasteiger partial charge in [-0.05, 0) is 24.3 Å². The molecule has 0 saturated heterocycles. The first-order chi connectivity index (χ1) is 7.70. The van der Waals surface area contributed by atoms with Gasteiger partial charge in [0.05, 0.1) is 11.4 Å². The summed E-state index contributed by atoms with van der Waals surface area (Å²) >= 11 is 0. The fourth-order valence-electron chi connectivity index (χ4n) is 1.42. The molecule has 0 heterocycles. The molecule has 0 amide bonds. The van der Waals surface area contributed by atoms with Gasteiger partial charge in [-0.3, -0.25) is 5.01 Å². The maximum Gasteiger partial charge on any atom is 0.148 e. The van der Waals surface area contributed by atoms with Gasteiger partial charge in [-0.1, -0.05) is 24.3 Å². The van der Waals surface area contributed by atoms with Crippen molar-refractivity contribution in [1.82, 2.24) is 0 Å². The number of benzene rings is 2. The van der Waals surface area contributed by atoms with Crippen molar-refractivity contribution in [3.05, 3.63) is 60.2 Å². The van der Waals surface area contributed by atoms with Gasteiger partial charge >= 0.3 is 0 Å². The Hall–Kier alpha value is -1.94. The summed E-state index contributed by atoms with van der Waals surface area (Å²) in [5, 5.41) is 0.991. The van der Waals surface area contributed by atoms with Crippen LogP contribution in [0.4, 0.5) is 20.2 Å². The predicted octanol–water partition coefficient (Wildman–Crippen LogP) is 2.98. The van der Waals surface area contributed by atoms with Crippen molar-refractivity contribution in [3.8, 4) is 0 Å². The van der Waals surface area contributed by atoms with E-state index in [2.05, 4.69) is 0 Å². The highest BCUT2D eigenvalue weighted by atomic mass is 19.1. The predicted molar refractivity (Wildman–Crippen MR) is 59.1 cm³/mol. The third-order valence-corrected chi connectivity index (χ3v) is 2.22. The van der Waals surface area contributed by atoms with Crippen LogP contribution in [0, 0.1) is 11.6 Å². The zero-order chi connectivity index (χ0) is 11.5. The lowest BCUT2D eigenvalue weighted by Gasteiger charge is -2.19. The van der Waals surface area contributed by atoms with E-state index >= 15 is 0 Å². The van der Waals surface area contributed by atoms with Crippen LogP contribution in [-0.4, -0.2) is 0 Å². The van der Waals surface area contributed by atoms with E-state index < -0.39 is 11.6 Å². The molecule has 0 aliphatic heterocycles. The second kappa shape index (κ2) is 4.28. The van der Waals surface area contributed by atoms with E-state index in [1.807, 2.05) is 0 Å². The van der Waals surface area contributed by atoms with E-state index in [9.17, 15) is 8.78 Å². The molecule has 0 saturated carbocycles. The molecule has 0 unspecified atom stereocenters. The molecule has 0 bridgehead atoms. The normalized spacial score (nSPS) is 10.2. The van der Waals surface area contributed by atoms with Crippen LogP contribution >= 0.6 is 0 Å². The second-order valence-corrected chi connectivity index (χ2v) is 3.27. The Morgan fingerprint density at radius 3 is 1.50 bits per heavy atom. The van der Waals surface area contributed by atoms with Crippen LogP contribution in [0.15, 0.2) is 48.5 Å². The molecule has 2 nitrogen and oxygen atoms in total. The van der Waals surface area contributed by atoms with Gasteiger partial charge in [-0.15, -0.1) is 0 Å². The molecule has 2 N–H and O–H groups in total. The Morgan fingerprint density at radius 1 is 0.750 bits per heavy atom. The van der Waals surface area contributed by atoms with Gasteiger partial charge in [0.1, 0.15) is 11.6 Å². The zero-order valence-corrected chi connectivity index (χ0v) is 8.40. The summed E-state index contributed by atoms with van der Waals surface area (Å²) in [6, 6.07) is 11.9. The summed E-state index contributed by atoms with van der Waals surface area (Å²) in [4.78, 5) is 0. The maximum absolute atomic E-state index is 13.4. The molecule has 0 atom stereocenters. The second-order valence-electron chi connectivity index (χ2n) is 3.27. The molecule has 0 aliphatic rings. The molecule has 0 aromatic heterocycles. The molecular formula is C12H10F2N2. The fourth-order valence-corrected chi connectivity index (χ4v) is 1.42. The number of anilines is 2. The SMILES string of the molecule is NN(c1ccccc1F)c1ccccc1F. The molecule has 0 spiro atoms. The molecule has 2 rings (SSSR count). The van der Waals surface area contributed by atoms with Crippen LogP contribution < -0.4 is 10.9 Å². The minimum Gasteiger partial charge on any atom is -0.274 e. The lowest BCUT2D eigenvalue weighted by Crippen LogP contribution is -2.26. The Morgan fingerprint density at radius 2 is 1.12 bits per heavy atom. The minimum atomic E-state index is -0.492. The van der Waals surface area contributed by atoms with Crippen molar-refractivity contribution in [3.63, 3.8) is 0 Å². The first kappa shape index (κ1) is 10.6. The summed E-state index contributed by atoms with van der Waals surface area (Å²) in [5.41, 5.74) is 0.264. The first-order valence-corrected chi connectivity index (χ1v) is 4.74. The number of hydrogen-bond acceptors (Lipinski definition) is 2. The number of nitrogens with zero attached hydrogens (tertiary/aromatic N) is 1. The molecule has 16 heavy (non-hydrogen) atoms. The Balaban J connectivity index is 2.44. The fraction of sp³-hybridized carbons (Fsp3) is 0. The van der Waals surface area contributed by atoms with Crippen molar-refractivity contribution < 1.29 is 8.78 Å². The van der Waals surface area contributed by atoms with E-state index in [1.54, 1.807) is 24.3 Å². The van der Waals surface area contributed by atoms with Crippen molar-refractivity contribution in [2.75, 3.05) is 5.01 Å².